The van der Waals surface area contributed by atoms with Crippen LogP contribution in [0.3, 0.4) is 0 Å². The fourth-order valence-electron chi connectivity index (χ4n) is 2.47. The standard InChI is InChI=1S/C20H23NO6/c1-23-15-8-6-13(10-16(15)24-2)7-9-19(22)21-14-11-17(25-3)20(27-5)18(12-14)26-4/h6-12H,1-5H3,(H,21,22). The highest BCUT2D eigenvalue weighted by Crippen LogP contribution is 2.39. The summed E-state index contributed by atoms with van der Waals surface area (Å²) in [5.74, 6) is 2.27. The summed E-state index contributed by atoms with van der Waals surface area (Å²) in [5, 5.41) is 2.77. The Morgan fingerprint density at radius 3 is 1.89 bits per heavy atom. The predicted octanol–water partition coefficient (Wildman–Crippen LogP) is 3.38. The molecule has 1 N–H and O–H groups in total. The average molecular weight is 373 g/mol. The number of anilines is 1. The summed E-state index contributed by atoms with van der Waals surface area (Å²) >= 11 is 0. The molecule has 27 heavy (non-hydrogen) atoms. The molecule has 0 saturated heterocycles. The zero-order valence-corrected chi connectivity index (χ0v) is 16.0. The Hall–Kier alpha value is -3.35. The highest BCUT2D eigenvalue weighted by molar-refractivity contribution is 6.02. The third-order valence-corrected chi connectivity index (χ3v) is 3.77. The Bertz CT molecular complexity index is 806. The number of hydrogen-bond donors (Lipinski definition) is 1. The number of nitrogens with one attached hydrogen (secondary N) is 1. The SMILES string of the molecule is COc1ccc(C=CC(=O)Nc2cc(OC)c(OC)c(OC)c2)cc1OC. The summed E-state index contributed by atoms with van der Waals surface area (Å²) in [7, 11) is 7.67. The molecule has 7 heteroatoms. The fourth-order valence-corrected chi connectivity index (χ4v) is 2.47. The van der Waals surface area contributed by atoms with Crippen LogP contribution in [-0.2, 0) is 4.79 Å². The monoisotopic (exact) mass is 373 g/mol. The Kier molecular flexibility index (Phi) is 6.93. The molecule has 0 aliphatic carbocycles. The van der Waals surface area contributed by atoms with Crippen LogP contribution in [0.4, 0.5) is 5.69 Å². The van der Waals surface area contributed by atoms with E-state index in [0.717, 1.165) is 5.56 Å². The van der Waals surface area contributed by atoms with Gasteiger partial charge in [-0.25, -0.2) is 0 Å². The van der Waals surface area contributed by atoms with Gasteiger partial charge in [-0.05, 0) is 23.8 Å². The van der Waals surface area contributed by atoms with Crippen molar-refractivity contribution in [3.8, 4) is 28.7 Å². The van der Waals surface area contributed by atoms with Crippen molar-refractivity contribution in [3.05, 3.63) is 42.0 Å². The highest BCUT2D eigenvalue weighted by Gasteiger charge is 2.14. The first kappa shape index (κ1) is 20.0. The number of methoxy groups -OCH3 is 5. The van der Waals surface area contributed by atoms with Gasteiger partial charge < -0.3 is 29.0 Å². The van der Waals surface area contributed by atoms with Gasteiger partial charge in [0.05, 0.1) is 35.5 Å². The van der Waals surface area contributed by atoms with E-state index in [1.165, 1.54) is 27.4 Å². The van der Waals surface area contributed by atoms with E-state index in [4.69, 9.17) is 23.7 Å². The molecule has 0 aliphatic heterocycles. The fraction of sp³-hybridized carbons (Fsp3) is 0.250. The molecule has 0 aliphatic rings. The molecular formula is C20H23NO6. The van der Waals surface area contributed by atoms with Crippen LogP contribution in [0.25, 0.3) is 6.08 Å². The van der Waals surface area contributed by atoms with Crippen LogP contribution < -0.4 is 29.0 Å². The summed E-state index contributed by atoms with van der Waals surface area (Å²) in [6.45, 7) is 0. The third-order valence-electron chi connectivity index (χ3n) is 3.77. The van der Waals surface area contributed by atoms with Gasteiger partial charge in [-0.1, -0.05) is 6.07 Å². The zero-order valence-electron chi connectivity index (χ0n) is 16.0. The van der Waals surface area contributed by atoms with Crippen LogP contribution in [-0.4, -0.2) is 41.5 Å². The summed E-state index contributed by atoms with van der Waals surface area (Å²) in [6, 6.07) is 8.69. The third kappa shape index (κ3) is 4.84. The molecule has 1 amide bonds. The van der Waals surface area contributed by atoms with Gasteiger partial charge in [0.1, 0.15) is 0 Å². The molecule has 0 atom stereocenters. The number of amides is 1. The number of carbonyl (C=O) groups excluding carboxylic acids is 1. The van der Waals surface area contributed by atoms with Gasteiger partial charge in [0.25, 0.3) is 0 Å². The van der Waals surface area contributed by atoms with E-state index in [1.54, 1.807) is 44.6 Å². The smallest absolute Gasteiger partial charge is 0.248 e. The van der Waals surface area contributed by atoms with Crippen LogP contribution in [0.15, 0.2) is 36.4 Å². The first-order chi connectivity index (χ1) is 13.1. The number of ether oxygens (including phenoxy) is 5. The van der Waals surface area contributed by atoms with Crippen molar-refractivity contribution >= 4 is 17.7 Å². The van der Waals surface area contributed by atoms with E-state index in [0.29, 0.717) is 34.4 Å². The Labute approximate surface area is 158 Å². The maximum atomic E-state index is 12.3. The Morgan fingerprint density at radius 1 is 0.778 bits per heavy atom. The maximum absolute atomic E-state index is 12.3. The number of hydrogen-bond acceptors (Lipinski definition) is 6. The number of carbonyl (C=O) groups is 1. The van der Waals surface area contributed by atoms with E-state index < -0.39 is 0 Å². The van der Waals surface area contributed by atoms with Crippen LogP contribution >= 0.6 is 0 Å². The van der Waals surface area contributed by atoms with Crippen molar-refractivity contribution in [2.24, 2.45) is 0 Å². The van der Waals surface area contributed by atoms with Gasteiger partial charge in [-0.15, -0.1) is 0 Å². The molecular weight excluding hydrogens is 350 g/mol. The van der Waals surface area contributed by atoms with Crippen LogP contribution in [0, 0.1) is 0 Å². The van der Waals surface area contributed by atoms with E-state index in [1.807, 2.05) is 6.07 Å². The lowest BCUT2D eigenvalue weighted by molar-refractivity contribution is -0.111. The minimum atomic E-state index is -0.306. The van der Waals surface area contributed by atoms with Crippen LogP contribution in [0.5, 0.6) is 28.7 Å². The largest absolute Gasteiger partial charge is 0.493 e. The number of benzene rings is 2. The second-order valence-electron chi connectivity index (χ2n) is 5.35. The minimum Gasteiger partial charge on any atom is -0.493 e. The molecule has 2 aromatic carbocycles. The topological polar surface area (TPSA) is 75.3 Å². The van der Waals surface area contributed by atoms with Gasteiger partial charge in [-0.2, -0.15) is 0 Å². The van der Waals surface area contributed by atoms with Gasteiger partial charge in [0.15, 0.2) is 23.0 Å². The molecule has 2 aromatic rings. The summed E-state index contributed by atoms with van der Waals surface area (Å²) < 4.78 is 26.3. The van der Waals surface area contributed by atoms with Gasteiger partial charge in [-0.3, -0.25) is 4.79 Å². The predicted molar refractivity (Wildman–Crippen MR) is 103 cm³/mol. The summed E-state index contributed by atoms with van der Waals surface area (Å²) in [5.41, 5.74) is 1.32. The number of rotatable bonds is 8. The summed E-state index contributed by atoms with van der Waals surface area (Å²) in [4.78, 5) is 12.3. The first-order valence-corrected chi connectivity index (χ1v) is 8.07. The van der Waals surface area contributed by atoms with Crippen molar-refractivity contribution < 1.29 is 28.5 Å². The molecule has 0 saturated carbocycles. The lowest BCUT2D eigenvalue weighted by atomic mass is 10.2. The second kappa shape index (κ2) is 9.38. The molecule has 0 spiro atoms. The quantitative estimate of drug-likeness (QED) is 0.715. The van der Waals surface area contributed by atoms with Gasteiger partial charge in [0, 0.05) is 23.9 Å². The average Bonchev–Trinajstić information content (AvgIpc) is 2.70. The van der Waals surface area contributed by atoms with Crippen molar-refractivity contribution in [1.82, 2.24) is 0 Å². The molecule has 0 fully saturated rings. The second-order valence-corrected chi connectivity index (χ2v) is 5.35. The van der Waals surface area contributed by atoms with E-state index in [2.05, 4.69) is 5.32 Å². The van der Waals surface area contributed by atoms with E-state index in [9.17, 15) is 4.79 Å². The Balaban J connectivity index is 2.17. The van der Waals surface area contributed by atoms with Gasteiger partial charge in [0.2, 0.25) is 11.7 Å². The van der Waals surface area contributed by atoms with Crippen molar-refractivity contribution in [3.63, 3.8) is 0 Å². The normalized spacial score (nSPS) is 10.4. The van der Waals surface area contributed by atoms with Crippen molar-refractivity contribution in [2.75, 3.05) is 40.9 Å². The first-order valence-electron chi connectivity index (χ1n) is 8.07. The lowest BCUT2D eigenvalue weighted by Crippen LogP contribution is -2.08. The van der Waals surface area contributed by atoms with Crippen molar-refractivity contribution in [1.29, 1.82) is 0 Å². The molecule has 144 valence electrons. The highest BCUT2D eigenvalue weighted by atomic mass is 16.5. The molecule has 7 nitrogen and oxygen atoms in total. The Morgan fingerprint density at radius 2 is 1.37 bits per heavy atom. The van der Waals surface area contributed by atoms with Crippen LogP contribution in [0.2, 0.25) is 0 Å². The maximum Gasteiger partial charge on any atom is 0.248 e. The molecule has 0 heterocycles. The summed E-state index contributed by atoms with van der Waals surface area (Å²) in [6.07, 6.45) is 3.10. The molecule has 0 radical (unpaired) electrons. The van der Waals surface area contributed by atoms with Gasteiger partial charge >= 0.3 is 0 Å². The van der Waals surface area contributed by atoms with E-state index in [-0.39, 0.29) is 5.91 Å². The van der Waals surface area contributed by atoms with E-state index >= 15 is 0 Å². The molecule has 0 bridgehead atoms. The lowest BCUT2D eigenvalue weighted by Gasteiger charge is -2.14. The molecule has 2 rings (SSSR count). The molecule has 0 unspecified atom stereocenters. The zero-order chi connectivity index (χ0) is 19.8. The minimum absolute atomic E-state index is 0.306. The van der Waals surface area contributed by atoms with Crippen molar-refractivity contribution in [2.45, 2.75) is 0 Å². The molecule has 0 aromatic heterocycles. The van der Waals surface area contributed by atoms with Crippen LogP contribution in [0.1, 0.15) is 5.56 Å².